The number of imide groups is 1. The Labute approximate surface area is 219 Å². The van der Waals surface area contributed by atoms with Gasteiger partial charge in [0.2, 0.25) is 5.91 Å². The van der Waals surface area contributed by atoms with E-state index in [1.165, 1.54) is 11.1 Å². The van der Waals surface area contributed by atoms with E-state index in [2.05, 4.69) is 15.6 Å². The van der Waals surface area contributed by atoms with Crippen molar-refractivity contribution >= 4 is 35.3 Å². The number of rotatable bonds is 5. The number of carbonyl (C=O) groups excluding carboxylic acids is 4. The van der Waals surface area contributed by atoms with E-state index in [0.29, 0.717) is 33.9 Å². The number of hydrogen-bond donors (Lipinski definition) is 2. The van der Waals surface area contributed by atoms with Crippen LogP contribution in [-0.4, -0.2) is 52.3 Å². The van der Waals surface area contributed by atoms with Crippen molar-refractivity contribution in [3.8, 4) is 5.75 Å². The van der Waals surface area contributed by atoms with Crippen molar-refractivity contribution in [3.05, 3.63) is 83.6 Å². The fraction of sp³-hybridized carbons (Fsp3) is 0.250. The number of aromatic nitrogens is 1. The number of amides is 5. The van der Waals surface area contributed by atoms with Gasteiger partial charge in [-0.15, -0.1) is 0 Å². The first-order valence-electron chi connectivity index (χ1n) is 12.2. The molecule has 3 heterocycles. The second-order valence-corrected chi connectivity index (χ2v) is 10.1. The lowest BCUT2D eigenvalue weighted by atomic mass is 10.1. The topological polar surface area (TPSA) is 121 Å². The zero-order valence-electron chi connectivity index (χ0n) is 21.2. The molecule has 1 atom stereocenters. The highest BCUT2D eigenvalue weighted by atomic mass is 16.5. The first-order chi connectivity index (χ1) is 18.1. The molecule has 10 nitrogen and oxygen atoms in total. The lowest BCUT2D eigenvalue weighted by Gasteiger charge is -2.31. The molecule has 2 N–H and O–H groups in total. The van der Waals surface area contributed by atoms with Gasteiger partial charge in [-0.25, -0.2) is 9.78 Å². The minimum absolute atomic E-state index is 0.104. The number of fused-ring (bicyclic) bond motifs is 2. The summed E-state index contributed by atoms with van der Waals surface area (Å²) in [5.41, 5.74) is 1.31. The first-order valence-corrected chi connectivity index (χ1v) is 12.2. The third kappa shape index (κ3) is 4.93. The highest BCUT2D eigenvalue weighted by Gasteiger charge is 2.38. The first kappa shape index (κ1) is 24.9. The molecule has 5 rings (SSSR count). The third-order valence-electron chi connectivity index (χ3n) is 6.11. The molecule has 0 saturated heterocycles. The predicted molar refractivity (Wildman–Crippen MR) is 140 cm³/mol. The van der Waals surface area contributed by atoms with Crippen LogP contribution in [0.5, 0.6) is 5.75 Å². The molecule has 1 aromatic heterocycles. The Bertz CT molecular complexity index is 1400. The number of hydrogen-bond acceptors (Lipinski definition) is 6. The number of benzene rings is 2. The quantitative estimate of drug-likeness (QED) is 0.501. The van der Waals surface area contributed by atoms with Crippen molar-refractivity contribution in [1.82, 2.24) is 15.2 Å². The molecule has 0 radical (unpaired) electrons. The summed E-state index contributed by atoms with van der Waals surface area (Å²) in [5.74, 6) is -0.277. The lowest BCUT2D eigenvalue weighted by molar-refractivity contribution is -0.115. The fourth-order valence-electron chi connectivity index (χ4n) is 4.46. The summed E-state index contributed by atoms with van der Waals surface area (Å²) in [5, 5.41) is 5.61. The van der Waals surface area contributed by atoms with Gasteiger partial charge in [-0.1, -0.05) is 24.3 Å². The smallest absolute Gasteiger partial charge is 0.324 e. The molecular formula is C28H27N5O5. The lowest BCUT2D eigenvalue weighted by Crippen LogP contribution is -2.50. The van der Waals surface area contributed by atoms with Gasteiger partial charge in [0, 0.05) is 6.20 Å². The number of anilines is 2. The zero-order valence-corrected chi connectivity index (χ0v) is 21.2. The zero-order chi connectivity index (χ0) is 27.0. The minimum Gasteiger partial charge on any atom is -0.488 e. The average molecular weight is 514 g/mol. The molecule has 10 heteroatoms. The van der Waals surface area contributed by atoms with Gasteiger partial charge in [-0.3, -0.25) is 24.2 Å². The largest absolute Gasteiger partial charge is 0.488 e. The SMILES string of the molecule is CC(C)(C)Oc1ccc(C(CN2C(=O)c3ccccc3C2=O)NC(=O)N2CC(=O)Nc3cccnc32)cc1. The van der Waals surface area contributed by atoms with Crippen LogP contribution in [0.4, 0.5) is 16.3 Å². The van der Waals surface area contributed by atoms with Crippen molar-refractivity contribution < 1.29 is 23.9 Å². The Balaban J connectivity index is 1.44. The van der Waals surface area contributed by atoms with Crippen LogP contribution in [0.3, 0.4) is 0 Å². The number of nitrogens with zero attached hydrogens (tertiary/aromatic N) is 3. The number of ether oxygens (including phenoxy) is 1. The Hall–Kier alpha value is -4.73. The molecule has 3 aromatic rings. The molecule has 2 aliphatic rings. The van der Waals surface area contributed by atoms with Crippen molar-refractivity contribution in [2.75, 3.05) is 23.3 Å². The highest BCUT2D eigenvalue weighted by Crippen LogP contribution is 2.29. The molecular weight excluding hydrogens is 486 g/mol. The van der Waals surface area contributed by atoms with E-state index in [1.54, 1.807) is 60.7 Å². The molecule has 2 aromatic carbocycles. The van der Waals surface area contributed by atoms with Crippen LogP contribution in [-0.2, 0) is 4.79 Å². The van der Waals surface area contributed by atoms with Crippen molar-refractivity contribution in [2.45, 2.75) is 32.4 Å². The molecule has 0 saturated carbocycles. The number of pyridine rings is 1. The highest BCUT2D eigenvalue weighted by molar-refractivity contribution is 6.21. The van der Waals surface area contributed by atoms with Crippen LogP contribution < -0.4 is 20.3 Å². The summed E-state index contributed by atoms with van der Waals surface area (Å²) in [4.78, 5) is 58.5. The normalized spacial score (nSPS) is 15.5. The van der Waals surface area contributed by atoms with Crippen LogP contribution in [0.25, 0.3) is 0 Å². The maximum Gasteiger partial charge on any atom is 0.324 e. The molecule has 0 fully saturated rings. The van der Waals surface area contributed by atoms with Crippen LogP contribution >= 0.6 is 0 Å². The molecule has 5 amide bonds. The van der Waals surface area contributed by atoms with E-state index in [4.69, 9.17) is 4.74 Å². The van der Waals surface area contributed by atoms with E-state index in [1.807, 2.05) is 20.8 Å². The van der Waals surface area contributed by atoms with Gasteiger partial charge in [0.15, 0.2) is 5.82 Å². The van der Waals surface area contributed by atoms with Gasteiger partial charge in [0.25, 0.3) is 11.8 Å². The monoisotopic (exact) mass is 513 g/mol. The molecule has 194 valence electrons. The number of nitrogens with one attached hydrogen (secondary N) is 2. The summed E-state index contributed by atoms with van der Waals surface area (Å²) < 4.78 is 5.91. The second kappa shape index (κ2) is 9.62. The van der Waals surface area contributed by atoms with Crippen molar-refractivity contribution in [2.24, 2.45) is 0 Å². The van der Waals surface area contributed by atoms with Gasteiger partial charge in [-0.05, 0) is 62.7 Å². The summed E-state index contributed by atoms with van der Waals surface area (Å²) in [6, 6.07) is 15.7. The fourth-order valence-corrected chi connectivity index (χ4v) is 4.46. The van der Waals surface area contributed by atoms with Crippen molar-refractivity contribution in [1.29, 1.82) is 0 Å². The Morgan fingerprint density at radius 2 is 1.66 bits per heavy atom. The summed E-state index contributed by atoms with van der Waals surface area (Å²) in [7, 11) is 0. The third-order valence-corrected chi connectivity index (χ3v) is 6.11. The average Bonchev–Trinajstić information content (AvgIpc) is 3.12. The van der Waals surface area contributed by atoms with Gasteiger partial charge < -0.3 is 15.4 Å². The van der Waals surface area contributed by atoms with Crippen LogP contribution in [0.15, 0.2) is 66.9 Å². The van der Waals surface area contributed by atoms with Crippen LogP contribution in [0.1, 0.15) is 53.1 Å². The van der Waals surface area contributed by atoms with Gasteiger partial charge in [0.05, 0.1) is 29.4 Å². The number of urea groups is 1. The van der Waals surface area contributed by atoms with E-state index < -0.39 is 29.5 Å². The Morgan fingerprint density at radius 1 is 1.00 bits per heavy atom. The molecule has 0 aliphatic carbocycles. The summed E-state index contributed by atoms with van der Waals surface area (Å²) >= 11 is 0. The second-order valence-electron chi connectivity index (χ2n) is 10.1. The molecule has 1 unspecified atom stereocenters. The minimum atomic E-state index is -0.773. The van der Waals surface area contributed by atoms with Gasteiger partial charge in [-0.2, -0.15) is 0 Å². The van der Waals surface area contributed by atoms with Crippen molar-refractivity contribution in [3.63, 3.8) is 0 Å². The molecule has 0 spiro atoms. The maximum atomic E-state index is 13.5. The summed E-state index contributed by atoms with van der Waals surface area (Å²) in [6.07, 6.45) is 1.53. The Morgan fingerprint density at radius 3 is 2.29 bits per heavy atom. The van der Waals surface area contributed by atoms with E-state index >= 15 is 0 Å². The maximum absolute atomic E-state index is 13.5. The van der Waals surface area contributed by atoms with Gasteiger partial charge in [0.1, 0.15) is 17.9 Å². The van der Waals surface area contributed by atoms with E-state index in [-0.39, 0.29) is 19.0 Å². The van der Waals surface area contributed by atoms with Crippen LogP contribution in [0, 0.1) is 0 Å². The van der Waals surface area contributed by atoms with Crippen LogP contribution in [0.2, 0.25) is 0 Å². The standard InChI is InChI=1S/C28H27N5O5/c1-28(2,3)38-18-12-10-17(11-13-18)22(15-33-25(35)19-7-4-5-8-20(19)26(33)36)31-27(37)32-16-23(34)30-21-9-6-14-29-24(21)32/h4-14,22H,15-16H2,1-3H3,(H,30,34)(H,31,37). The Kier molecular flexibility index (Phi) is 6.31. The van der Waals surface area contributed by atoms with Gasteiger partial charge >= 0.3 is 6.03 Å². The summed E-state index contributed by atoms with van der Waals surface area (Å²) in [6.45, 7) is 5.48. The van der Waals surface area contributed by atoms with E-state index in [0.717, 1.165) is 4.90 Å². The van der Waals surface area contributed by atoms with E-state index in [9.17, 15) is 19.2 Å². The number of carbonyl (C=O) groups is 4. The predicted octanol–water partition coefficient (Wildman–Crippen LogP) is 3.76. The molecule has 38 heavy (non-hydrogen) atoms. The molecule has 2 aliphatic heterocycles. The molecule has 0 bridgehead atoms.